The Kier molecular flexibility index (Phi) is 5.85. The Morgan fingerprint density at radius 3 is 2.75 bits per heavy atom. The largest absolute Gasteiger partial charge is 0.392 e. The summed E-state index contributed by atoms with van der Waals surface area (Å²) in [5.74, 6) is 0.274. The molecule has 4 heteroatoms. The average molecular weight is 328 g/mol. The zero-order valence-corrected chi connectivity index (χ0v) is 14.5. The fraction of sp³-hybridized carbons (Fsp3) is 0.500. The molecule has 0 aliphatic carbocycles. The summed E-state index contributed by atoms with van der Waals surface area (Å²) < 4.78 is 5.49. The topological polar surface area (TPSA) is 53.5 Å². The Morgan fingerprint density at radius 2 is 2.00 bits per heavy atom. The maximum Gasteiger partial charge on any atom is 0.0699 e. The van der Waals surface area contributed by atoms with Gasteiger partial charge in [0.2, 0.25) is 0 Å². The monoisotopic (exact) mass is 328 g/mol. The van der Waals surface area contributed by atoms with Crippen LogP contribution in [-0.2, 0) is 4.74 Å². The van der Waals surface area contributed by atoms with Crippen molar-refractivity contribution in [3.63, 3.8) is 0 Å². The molecule has 0 amide bonds. The average Bonchev–Trinajstić information content (AvgIpc) is 2.65. The third kappa shape index (κ3) is 3.78. The fourth-order valence-electron chi connectivity index (χ4n) is 3.80. The van der Waals surface area contributed by atoms with Crippen LogP contribution in [0.1, 0.15) is 17.9 Å². The smallest absolute Gasteiger partial charge is 0.0699 e. The lowest BCUT2D eigenvalue weighted by Gasteiger charge is -2.36. The Balaban J connectivity index is 1.84. The second-order valence-corrected chi connectivity index (χ2v) is 6.77. The molecule has 1 heterocycles. The standard InChI is InChI=1S/C20H28N2O2/c1-21-13-19(20(23)17-10-18(24-2)12-22-11-17)16-8-7-14-5-3-4-6-15(14)9-16/h3-9,17-23H,10-13H2,1-2H3/t17?,18?,19-,20-/m0/s1. The third-order valence-electron chi connectivity index (χ3n) is 5.20. The van der Waals surface area contributed by atoms with E-state index < -0.39 is 6.10 Å². The van der Waals surface area contributed by atoms with Crippen LogP contribution in [0.3, 0.4) is 0 Å². The molecule has 2 aromatic carbocycles. The number of nitrogens with one attached hydrogen (secondary N) is 2. The summed E-state index contributed by atoms with van der Waals surface area (Å²) in [5.41, 5.74) is 1.19. The number of methoxy groups -OCH3 is 1. The maximum absolute atomic E-state index is 11.1. The molecular formula is C20H28N2O2. The van der Waals surface area contributed by atoms with Crippen molar-refractivity contribution in [2.24, 2.45) is 5.92 Å². The highest BCUT2D eigenvalue weighted by molar-refractivity contribution is 5.83. The second kappa shape index (κ2) is 8.08. The molecule has 1 saturated heterocycles. The molecule has 1 aliphatic heterocycles. The number of aliphatic hydroxyl groups is 1. The van der Waals surface area contributed by atoms with Crippen molar-refractivity contribution in [1.29, 1.82) is 0 Å². The summed E-state index contributed by atoms with van der Waals surface area (Å²) in [5, 5.41) is 20.2. The summed E-state index contributed by atoms with van der Waals surface area (Å²) in [7, 11) is 3.69. The highest BCUT2D eigenvalue weighted by atomic mass is 16.5. The van der Waals surface area contributed by atoms with Crippen LogP contribution in [-0.4, -0.2) is 51.1 Å². The Morgan fingerprint density at radius 1 is 1.21 bits per heavy atom. The lowest BCUT2D eigenvalue weighted by molar-refractivity contribution is 0.00650. The minimum atomic E-state index is -0.399. The van der Waals surface area contributed by atoms with E-state index in [1.807, 2.05) is 7.05 Å². The number of likely N-dealkylation sites (N-methyl/N-ethyl adjacent to an activating group) is 1. The minimum Gasteiger partial charge on any atom is -0.392 e. The molecule has 3 rings (SSSR count). The van der Waals surface area contributed by atoms with Crippen LogP contribution in [0.4, 0.5) is 0 Å². The van der Waals surface area contributed by atoms with Crippen LogP contribution in [0.15, 0.2) is 42.5 Å². The number of ether oxygens (including phenoxy) is 1. The first-order valence-corrected chi connectivity index (χ1v) is 8.77. The summed E-state index contributed by atoms with van der Waals surface area (Å²) >= 11 is 0. The van der Waals surface area contributed by atoms with Crippen LogP contribution in [0.2, 0.25) is 0 Å². The van der Waals surface area contributed by atoms with Gasteiger partial charge in [-0.3, -0.25) is 0 Å². The van der Waals surface area contributed by atoms with Crippen molar-refractivity contribution in [3.8, 4) is 0 Å². The second-order valence-electron chi connectivity index (χ2n) is 6.77. The van der Waals surface area contributed by atoms with Crippen LogP contribution in [0.5, 0.6) is 0 Å². The third-order valence-corrected chi connectivity index (χ3v) is 5.20. The number of benzene rings is 2. The molecule has 0 spiro atoms. The normalized spacial score (nSPS) is 24.0. The van der Waals surface area contributed by atoms with Gasteiger partial charge in [-0.05, 0) is 29.8 Å². The lowest BCUT2D eigenvalue weighted by atomic mass is 9.81. The molecule has 24 heavy (non-hydrogen) atoms. The maximum atomic E-state index is 11.1. The fourth-order valence-corrected chi connectivity index (χ4v) is 3.80. The first-order valence-electron chi connectivity index (χ1n) is 8.77. The van der Waals surface area contributed by atoms with E-state index in [-0.39, 0.29) is 17.9 Å². The van der Waals surface area contributed by atoms with Gasteiger partial charge in [0.25, 0.3) is 0 Å². The quantitative estimate of drug-likeness (QED) is 0.760. The minimum absolute atomic E-state index is 0.0713. The zero-order chi connectivity index (χ0) is 16.9. The number of hydrogen-bond donors (Lipinski definition) is 3. The molecule has 2 aromatic rings. The zero-order valence-electron chi connectivity index (χ0n) is 14.5. The SMILES string of the molecule is CNC[C@@H](c1ccc2ccccc2c1)[C@@H](O)C1CNCC(OC)C1. The molecule has 1 aliphatic rings. The summed E-state index contributed by atoms with van der Waals surface area (Å²) in [4.78, 5) is 0. The molecule has 0 saturated carbocycles. The Hall–Kier alpha value is -1.46. The van der Waals surface area contributed by atoms with Gasteiger partial charge in [0.1, 0.15) is 0 Å². The molecular weight excluding hydrogens is 300 g/mol. The number of fused-ring (bicyclic) bond motifs is 1. The molecule has 2 unspecified atom stereocenters. The van der Waals surface area contributed by atoms with Gasteiger partial charge in [-0.15, -0.1) is 0 Å². The van der Waals surface area contributed by atoms with E-state index in [4.69, 9.17) is 4.74 Å². The van der Waals surface area contributed by atoms with Crippen LogP contribution < -0.4 is 10.6 Å². The molecule has 3 N–H and O–H groups in total. The molecule has 1 fully saturated rings. The van der Waals surface area contributed by atoms with Crippen molar-refractivity contribution in [1.82, 2.24) is 10.6 Å². The van der Waals surface area contributed by atoms with E-state index in [1.54, 1.807) is 7.11 Å². The van der Waals surface area contributed by atoms with Crippen LogP contribution in [0.25, 0.3) is 10.8 Å². The van der Waals surface area contributed by atoms with Crippen molar-refractivity contribution in [3.05, 3.63) is 48.0 Å². The highest BCUT2D eigenvalue weighted by Gasteiger charge is 2.32. The van der Waals surface area contributed by atoms with Gasteiger partial charge < -0.3 is 20.5 Å². The molecule has 130 valence electrons. The van der Waals surface area contributed by atoms with Gasteiger partial charge in [0, 0.05) is 38.6 Å². The van der Waals surface area contributed by atoms with Crippen molar-refractivity contribution in [2.45, 2.75) is 24.5 Å². The molecule has 4 nitrogen and oxygen atoms in total. The lowest BCUT2D eigenvalue weighted by Crippen LogP contribution is -2.47. The number of rotatable bonds is 6. The summed E-state index contributed by atoms with van der Waals surface area (Å²) in [6.07, 6.45) is 0.688. The van der Waals surface area contributed by atoms with E-state index >= 15 is 0 Å². The molecule has 0 bridgehead atoms. The van der Waals surface area contributed by atoms with Gasteiger partial charge >= 0.3 is 0 Å². The summed E-state index contributed by atoms with van der Waals surface area (Å²) in [6.45, 7) is 2.47. The summed E-state index contributed by atoms with van der Waals surface area (Å²) in [6, 6.07) is 14.9. The Bertz CT molecular complexity index is 661. The van der Waals surface area contributed by atoms with Crippen molar-refractivity contribution < 1.29 is 9.84 Å². The van der Waals surface area contributed by atoms with Gasteiger partial charge in [-0.2, -0.15) is 0 Å². The van der Waals surface area contributed by atoms with Crippen molar-refractivity contribution in [2.75, 3.05) is 33.8 Å². The van der Waals surface area contributed by atoms with Gasteiger partial charge in [0.15, 0.2) is 0 Å². The highest BCUT2D eigenvalue weighted by Crippen LogP contribution is 2.30. The Labute approximate surface area is 144 Å². The van der Waals surface area contributed by atoms with Crippen molar-refractivity contribution >= 4 is 10.8 Å². The molecule has 0 radical (unpaired) electrons. The first-order chi connectivity index (χ1) is 11.7. The van der Waals surface area contributed by atoms with E-state index in [0.29, 0.717) is 0 Å². The van der Waals surface area contributed by atoms with Gasteiger partial charge in [-0.1, -0.05) is 42.5 Å². The number of piperidine rings is 1. The first kappa shape index (κ1) is 17.4. The predicted molar refractivity (Wildman–Crippen MR) is 98.4 cm³/mol. The van der Waals surface area contributed by atoms with Gasteiger partial charge in [-0.25, -0.2) is 0 Å². The number of aliphatic hydroxyl groups excluding tert-OH is 1. The molecule has 0 aromatic heterocycles. The van der Waals surface area contributed by atoms with E-state index in [1.165, 1.54) is 16.3 Å². The molecule has 4 atom stereocenters. The van der Waals surface area contributed by atoms with E-state index in [9.17, 15) is 5.11 Å². The van der Waals surface area contributed by atoms with Crippen LogP contribution >= 0.6 is 0 Å². The number of hydrogen-bond acceptors (Lipinski definition) is 4. The predicted octanol–water partition coefficient (Wildman–Crippen LogP) is 2.13. The van der Waals surface area contributed by atoms with Crippen LogP contribution in [0, 0.1) is 5.92 Å². The van der Waals surface area contributed by atoms with E-state index in [0.717, 1.165) is 26.1 Å². The van der Waals surface area contributed by atoms with E-state index in [2.05, 4.69) is 53.1 Å². The van der Waals surface area contributed by atoms with Gasteiger partial charge in [0.05, 0.1) is 12.2 Å².